The normalized spacial score (nSPS) is 38.3. The zero-order valence-electron chi connectivity index (χ0n) is 21.0. The maximum absolute atomic E-state index is 13.1. The lowest BCUT2D eigenvalue weighted by Crippen LogP contribution is -2.66. The van der Waals surface area contributed by atoms with Crippen LogP contribution >= 0.6 is 0 Å². The lowest BCUT2D eigenvalue weighted by molar-refractivity contribution is -0.116. The van der Waals surface area contributed by atoms with Crippen molar-refractivity contribution in [2.75, 3.05) is 5.32 Å². The van der Waals surface area contributed by atoms with Crippen molar-refractivity contribution in [3.05, 3.63) is 24.3 Å². The van der Waals surface area contributed by atoms with Crippen LogP contribution in [0.3, 0.4) is 0 Å². The van der Waals surface area contributed by atoms with Crippen LogP contribution < -0.4 is 20.7 Å². The van der Waals surface area contributed by atoms with E-state index in [0.29, 0.717) is 17.3 Å². The van der Waals surface area contributed by atoms with Crippen molar-refractivity contribution in [3.8, 4) is 5.75 Å². The Balaban J connectivity index is 1.14. The maximum atomic E-state index is 13.1. The number of hydrogen-bond donors (Lipinski definition) is 3. The van der Waals surface area contributed by atoms with Gasteiger partial charge in [0, 0.05) is 30.1 Å². The lowest BCUT2D eigenvalue weighted by Gasteiger charge is -2.65. The van der Waals surface area contributed by atoms with E-state index in [-0.39, 0.29) is 29.6 Å². The number of amides is 3. The average Bonchev–Trinajstić information content (AvgIpc) is 2.72. The monoisotopic (exact) mass is 467 g/mol. The Morgan fingerprint density at radius 1 is 1.00 bits per heavy atom. The molecule has 5 saturated carbocycles. The Bertz CT molecular complexity index is 911. The Morgan fingerprint density at radius 2 is 1.71 bits per heavy atom. The zero-order chi connectivity index (χ0) is 24.0. The molecule has 0 radical (unpaired) electrons. The first kappa shape index (κ1) is 23.5. The van der Waals surface area contributed by atoms with Crippen molar-refractivity contribution in [1.29, 1.82) is 0 Å². The van der Waals surface area contributed by atoms with Gasteiger partial charge in [0.15, 0.2) is 0 Å². The first-order chi connectivity index (χ1) is 16.2. The molecule has 0 heterocycles. The molecule has 6 nitrogen and oxygen atoms in total. The highest BCUT2D eigenvalue weighted by atomic mass is 16.5. The van der Waals surface area contributed by atoms with Crippen molar-refractivity contribution < 1.29 is 14.3 Å². The molecule has 6 rings (SSSR count). The number of rotatable bonds is 6. The molecule has 34 heavy (non-hydrogen) atoms. The van der Waals surface area contributed by atoms with Crippen molar-refractivity contribution >= 4 is 17.6 Å². The summed E-state index contributed by atoms with van der Waals surface area (Å²) in [6, 6.07) is 7.72. The topological polar surface area (TPSA) is 79.5 Å². The molecule has 6 heteroatoms. The standard InChI is InChI=1S/C28H41N3O3/c1-4-24(32)29-20-8-10-22(11-9-20)34-23-7-5-6-21(12-23)30-25(33)31-28-15-19-13-26(2,17-28)16-27(3,14-19)18-28/h8-11,19,21,23H,4-7,12-18H2,1-3H3,(H,29,32)(H2,30,31,33)/t19?,21?,23?,26-,27+,28?. The largest absolute Gasteiger partial charge is 0.490 e. The third kappa shape index (κ3) is 5.06. The molecule has 3 N–H and O–H groups in total. The minimum atomic E-state index is -0.0213. The van der Waals surface area contributed by atoms with Crippen molar-refractivity contribution in [2.24, 2.45) is 16.7 Å². The first-order valence-electron chi connectivity index (χ1n) is 13.3. The third-order valence-electron chi connectivity index (χ3n) is 8.73. The van der Waals surface area contributed by atoms with Crippen LogP contribution in [0.2, 0.25) is 0 Å². The second-order valence-corrected chi connectivity index (χ2v) is 12.5. The summed E-state index contributed by atoms with van der Waals surface area (Å²) < 4.78 is 6.23. The summed E-state index contributed by atoms with van der Waals surface area (Å²) in [6.07, 6.45) is 11.8. The summed E-state index contributed by atoms with van der Waals surface area (Å²) >= 11 is 0. The van der Waals surface area contributed by atoms with Crippen LogP contribution in [0.5, 0.6) is 5.75 Å². The van der Waals surface area contributed by atoms with E-state index in [1.807, 2.05) is 31.2 Å². The molecule has 1 aromatic rings. The van der Waals surface area contributed by atoms with Gasteiger partial charge < -0.3 is 20.7 Å². The number of nitrogens with one attached hydrogen (secondary N) is 3. The van der Waals surface area contributed by atoms with Gasteiger partial charge in [0.25, 0.3) is 0 Å². The maximum Gasteiger partial charge on any atom is 0.315 e. The SMILES string of the molecule is CCC(=O)Nc1ccc(OC2CCCC(NC(=O)NC34CC5C[C@@](C)(C3)C[C@](C)(C5)C4)C2)cc1. The average molecular weight is 468 g/mol. The molecule has 0 spiro atoms. The van der Waals surface area contributed by atoms with E-state index >= 15 is 0 Å². The Labute approximate surface area is 204 Å². The first-order valence-corrected chi connectivity index (χ1v) is 13.3. The fourth-order valence-electron chi connectivity index (χ4n) is 8.49. The number of carbonyl (C=O) groups is 2. The molecule has 5 fully saturated rings. The van der Waals surface area contributed by atoms with Crippen LogP contribution in [0.4, 0.5) is 10.5 Å². The molecule has 4 unspecified atom stereocenters. The van der Waals surface area contributed by atoms with Crippen molar-refractivity contribution in [1.82, 2.24) is 10.6 Å². The summed E-state index contributed by atoms with van der Waals surface area (Å²) in [5.41, 5.74) is 1.54. The number of hydrogen-bond acceptors (Lipinski definition) is 3. The van der Waals surface area contributed by atoms with E-state index in [1.54, 1.807) is 0 Å². The minimum absolute atomic E-state index is 0.00453. The smallest absolute Gasteiger partial charge is 0.315 e. The van der Waals surface area contributed by atoms with E-state index in [1.165, 1.54) is 19.3 Å². The van der Waals surface area contributed by atoms with Gasteiger partial charge in [-0.1, -0.05) is 20.8 Å². The van der Waals surface area contributed by atoms with Gasteiger partial charge in [-0.15, -0.1) is 0 Å². The van der Waals surface area contributed by atoms with Crippen LogP contribution in [0.1, 0.15) is 91.4 Å². The molecule has 5 aliphatic carbocycles. The number of ether oxygens (including phenoxy) is 1. The van der Waals surface area contributed by atoms with Gasteiger partial charge in [-0.25, -0.2) is 4.79 Å². The second-order valence-electron chi connectivity index (χ2n) is 12.5. The highest BCUT2D eigenvalue weighted by Gasteiger charge is 2.60. The fraction of sp³-hybridized carbons (Fsp3) is 0.714. The van der Waals surface area contributed by atoms with Crippen LogP contribution in [-0.2, 0) is 4.79 Å². The quantitative estimate of drug-likeness (QED) is 0.497. The molecule has 3 amide bonds. The summed E-state index contributed by atoms with van der Waals surface area (Å²) in [6.45, 7) is 6.72. The van der Waals surface area contributed by atoms with Gasteiger partial charge in [-0.2, -0.15) is 0 Å². The van der Waals surface area contributed by atoms with Crippen LogP contribution in [0, 0.1) is 16.7 Å². The molecular weight excluding hydrogens is 426 g/mol. The van der Waals surface area contributed by atoms with Gasteiger partial charge in [-0.3, -0.25) is 4.79 Å². The van der Waals surface area contributed by atoms with Crippen molar-refractivity contribution in [2.45, 2.75) is 109 Å². The molecule has 5 aliphatic rings. The molecule has 4 bridgehead atoms. The summed E-state index contributed by atoms with van der Waals surface area (Å²) in [7, 11) is 0. The van der Waals surface area contributed by atoms with Gasteiger partial charge in [0.05, 0.1) is 0 Å². The van der Waals surface area contributed by atoms with E-state index in [9.17, 15) is 9.59 Å². The highest BCUT2D eigenvalue weighted by molar-refractivity contribution is 5.90. The summed E-state index contributed by atoms with van der Waals surface area (Å²) in [5, 5.41) is 9.64. The highest BCUT2D eigenvalue weighted by Crippen LogP contribution is 2.66. The van der Waals surface area contributed by atoms with Gasteiger partial charge in [0.2, 0.25) is 5.91 Å². The lowest BCUT2D eigenvalue weighted by atomic mass is 9.43. The summed E-state index contributed by atoms with van der Waals surface area (Å²) in [4.78, 5) is 24.7. The van der Waals surface area contributed by atoms with Gasteiger partial charge in [-0.05, 0) is 98.8 Å². The molecule has 0 saturated heterocycles. The number of carbonyl (C=O) groups excluding carboxylic acids is 2. The number of anilines is 1. The molecule has 186 valence electrons. The van der Waals surface area contributed by atoms with Crippen LogP contribution in [0.25, 0.3) is 0 Å². The Kier molecular flexibility index (Phi) is 6.06. The molecule has 0 aromatic heterocycles. The van der Waals surface area contributed by atoms with E-state index in [4.69, 9.17) is 4.74 Å². The Hall–Kier alpha value is -2.24. The predicted molar refractivity (Wildman–Crippen MR) is 134 cm³/mol. The Morgan fingerprint density at radius 3 is 2.35 bits per heavy atom. The zero-order valence-corrected chi connectivity index (χ0v) is 21.0. The predicted octanol–water partition coefficient (Wildman–Crippen LogP) is 5.77. The van der Waals surface area contributed by atoms with Crippen LogP contribution in [0.15, 0.2) is 24.3 Å². The molecular formula is C28H41N3O3. The second kappa shape index (κ2) is 8.76. The van der Waals surface area contributed by atoms with Crippen molar-refractivity contribution in [3.63, 3.8) is 0 Å². The van der Waals surface area contributed by atoms with E-state index < -0.39 is 0 Å². The van der Waals surface area contributed by atoms with Gasteiger partial charge >= 0.3 is 6.03 Å². The fourth-order valence-corrected chi connectivity index (χ4v) is 8.49. The molecule has 0 aliphatic heterocycles. The summed E-state index contributed by atoms with van der Waals surface area (Å²) in [5.74, 6) is 1.57. The number of benzene rings is 1. The molecule has 6 atom stereocenters. The van der Waals surface area contributed by atoms with E-state index in [0.717, 1.165) is 62.3 Å². The van der Waals surface area contributed by atoms with Gasteiger partial charge in [0.1, 0.15) is 11.9 Å². The van der Waals surface area contributed by atoms with E-state index in [2.05, 4.69) is 29.8 Å². The third-order valence-corrected chi connectivity index (χ3v) is 8.73. The minimum Gasteiger partial charge on any atom is -0.490 e. The molecule has 1 aromatic carbocycles. The van der Waals surface area contributed by atoms with Crippen LogP contribution in [-0.4, -0.2) is 29.6 Å². The number of urea groups is 1.